The molecule has 6 nitrogen and oxygen atoms in total. The van der Waals surface area contributed by atoms with Crippen LogP contribution in [0.2, 0.25) is 0 Å². The van der Waals surface area contributed by atoms with Gasteiger partial charge in [-0.15, -0.1) is 0 Å². The standard InChI is InChI=1S/C18H19F3N2O4S/c1-28(25,26)23-16-8-6-15(7-9-16)17(24)22-10-13-2-4-14(5-3-13)11-27-12-18(19,20)21/h2-9,23H,10-12H2,1H3,(H,22,24). The molecule has 2 rings (SSSR count). The minimum absolute atomic E-state index is 0.153. The molecule has 0 aliphatic carbocycles. The zero-order chi connectivity index (χ0) is 20.8. The first-order valence-electron chi connectivity index (χ1n) is 8.10. The maximum absolute atomic E-state index is 12.1. The Balaban J connectivity index is 1.83. The Bertz CT molecular complexity index is 896. The average molecular weight is 416 g/mol. The monoisotopic (exact) mass is 416 g/mol. The number of carbonyl (C=O) groups is 1. The van der Waals surface area contributed by atoms with Crippen LogP contribution in [0.15, 0.2) is 48.5 Å². The summed E-state index contributed by atoms with van der Waals surface area (Å²) in [4.78, 5) is 12.1. The van der Waals surface area contributed by atoms with Gasteiger partial charge >= 0.3 is 6.18 Å². The van der Waals surface area contributed by atoms with Gasteiger partial charge in [0.25, 0.3) is 5.91 Å². The summed E-state index contributed by atoms with van der Waals surface area (Å²) < 4.78 is 65.3. The quantitative estimate of drug-likeness (QED) is 0.693. The Kier molecular flexibility index (Phi) is 7.03. The first-order chi connectivity index (χ1) is 13.0. The summed E-state index contributed by atoms with van der Waals surface area (Å²) >= 11 is 0. The van der Waals surface area contributed by atoms with Crippen LogP contribution >= 0.6 is 0 Å². The van der Waals surface area contributed by atoms with Gasteiger partial charge in [-0.2, -0.15) is 13.2 Å². The molecule has 0 spiro atoms. The van der Waals surface area contributed by atoms with Crippen molar-refractivity contribution < 1.29 is 31.1 Å². The Morgan fingerprint density at radius 2 is 1.57 bits per heavy atom. The molecule has 0 saturated carbocycles. The number of sulfonamides is 1. The fourth-order valence-corrected chi connectivity index (χ4v) is 2.79. The number of carbonyl (C=O) groups excluding carboxylic acids is 1. The molecule has 0 aliphatic heterocycles. The molecule has 2 aromatic rings. The van der Waals surface area contributed by atoms with Crippen molar-refractivity contribution in [1.82, 2.24) is 5.32 Å². The van der Waals surface area contributed by atoms with Crippen LogP contribution in [0.4, 0.5) is 18.9 Å². The van der Waals surface area contributed by atoms with E-state index >= 15 is 0 Å². The average Bonchev–Trinajstić information content (AvgIpc) is 2.59. The third-order valence-corrected chi connectivity index (χ3v) is 4.07. The number of anilines is 1. The fraction of sp³-hybridized carbons (Fsp3) is 0.278. The lowest BCUT2D eigenvalue weighted by Gasteiger charge is -2.09. The van der Waals surface area contributed by atoms with Gasteiger partial charge in [-0.1, -0.05) is 24.3 Å². The molecular weight excluding hydrogens is 397 g/mol. The van der Waals surface area contributed by atoms with Crippen molar-refractivity contribution in [2.75, 3.05) is 17.6 Å². The summed E-state index contributed by atoms with van der Waals surface area (Å²) in [7, 11) is -3.39. The maximum atomic E-state index is 12.1. The van der Waals surface area contributed by atoms with Crippen LogP contribution in [-0.4, -0.2) is 33.4 Å². The van der Waals surface area contributed by atoms with Crippen molar-refractivity contribution >= 4 is 21.6 Å². The van der Waals surface area contributed by atoms with E-state index in [0.29, 0.717) is 16.8 Å². The molecule has 0 unspecified atom stereocenters. The van der Waals surface area contributed by atoms with Crippen molar-refractivity contribution in [3.63, 3.8) is 0 Å². The molecule has 2 N–H and O–H groups in total. The van der Waals surface area contributed by atoms with Crippen molar-refractivity contribution in [3.8, 4) is 0 Å². The van der Waals surface area contributed by atoms with Gasteiger partial charge in [0.15, 0.2) is 0 Å². The van der Waals surface area contributed by atoms with Crippen LogP contribution in [0.3, 0.4) is 0 Å². The molecular formula is C18H19F3N2O4S. The summed E-state index contributed by atoms with van der Waals surface area (Å²) in [5.41, 5.74) is 2.06. The highest BCUT2D eigenvalue weighted by Crippen LogP contribution is 2.16. The molecule has 152 valence electrons. The van der Waals surface area contributed by atoms with Gasteiger partial charge in [-0.3, -0.25) is 9.52 Å². The number of hydrogen-bond donors (Lipinski definition) is 2. The number of halogens is 3. The largest absolute Gasteiger partial charge is 0.411 e. The summed E-state index contributed by atoms with van der Waals surface area (Å²) in [5.74, 6) is -0.344. The van der Waals surface area contributed by atoms with Crippen LogP contribution in [0.1, 0.15) is 21.5 Å². The summed E-state index contributed by atoms with van der Waals surface area (Å²) in [6, 6.07) is 12.6. The zero-order valence-electron chi connectivity index (χ0n) is 14.9. The van der Waals surface area contributed by atoms with Crippen molar-refractivity contribution in [3.05, 3.63) is 65.2 Å². The zero-order valence-corrected chi connectivity index (χ0v) is 15.7. The minimum atomic E-state index is -4.36. The third kappa shape index (κ3) is 7.97. The molecule has 0 saturated heterocycles. The van der Waals surface area contributed by atoms with Gasteiger partial charge in [0.1, 0.15) is 6.61 Å². The van der Waals surface area contributed by atoms with E-state index in [1.54, 1.807) is 24.3 Å². The summed E-state index contributed by atoms with van der Waals surface area (Å²) in [5, 5.41) is 2.71. The highest BCUT2D eigenvalue weighted by molar-refractivity contribution is 7.92. The first kappa shape index (κ1) is 21.7. The lowest BCUT2D eigenvalue weighted by Crippen LogP contribution is -2.22. The van der Waals surface area contributed by atoms with Crippen molar-refractivity contribution in [2.24, 2.45) is 0 Å². The van der Waals surface area contributed by atoms with Gasteiger partial charge in [-0.25, -0.2) is 8.42 Å². The van der Waals surface area contributed by atoms with Gasteiger partial charge in [-0.05, 0) is 35.4 Å². The number of rotatable bonds is 8. The van der Waals surface area contributed by atoms with E-state index in [2.05, 4.69) is 14.8 Å². The molecule has 0 fully saturated rings. The molecule has 0 atom stereocenters. The normalized spacial score (nSPS) is 11.9. The molecule has 10 heteroatoms. The van der Waals surface area contributed by atoms with Crippen molar-refractivity contribution in [2.45, 2.75) is 19.3 Å². The van der Waals surface area contributed by atoms with E-state index in [9.17, 15) is 26.4 Å². The summed E-state index contributed by atoms with van der Waals surface area (Å²) in [6.45, 7) is -1.23. The van der Waals surface area contributed by atoms with E-state index in [-0.39, 0.29) is 19.1 Å². The first-order valence-corrected chi connectivity index (χ1v) is 9.99. The second-order valence-corrected chi connectivity index (χ2v) is 7.81. The Morgan fingerprint density at radius 3 is 2.11 bits per heavy atom. The SMILES string of the molecule is CS(=O)(=O)Nc1ccc(C(=O)NCc2ccc(COCC(F)(F)F)cc2)cc1. The van der Waals surface area contributed by atoms with Crippen LogP contribution in [-0.2, 0) is 27.9 Å². The van der Waals surface area contributed by atoms with Crippen LogP contribution in [0.5, 0.6) is 0 Å². The fourth-order valence-electron chi connectivity index (χ4n) is 2.23. The van der Waals surface area contributed by atoms with E-state index in [1.807, 2.05) is 0 Å². The number of nitrogens with one attached hydrogen (secondary N) is 2. The van der Waals surface area contributed by atoms with Gasteiger partial charge in [0.2, 0.25) is 10.0 Å². The Hall–Kier alpha value is -2.59. The number of alkyl halides is 3. The van der Waals surface area contributed by atoms with E-state index in [0.717, 1.165) is 11.8 Å². The molecule has 0 radical (unpaired) electrons. The molecule has 0 heterocycles. The highest BCUT2D eigenvalue weighted by Gasteiger charge is 2.27. The number of ether oxygens (including phenoxy) is 1. The second-order valence-electron chi connectivity index (χ2n) is 6.06. The van der Waals surface area contributed by atoms with Gasteiger partial charge in [0, 0.05) is 17.8 Å². The lowest BCUT2D eigenvalue weighted by atomic mass is 10.1. The number of hydrogen-bond acceptors (Lipinski definition) is 4. The maximum Gasteiger partial charge on any atom is 0.411 e. The van der Waals surface area contributed by atoms with Gasteiger partial charge in [0.05, 0.1) is 12.9 Å². The Labute approximate surface area is 160 Å². The Morgan fingerprint density at radius 1 is 1.00 bits per heavy atom. The van der Waals surface area contributed by atoms with Crippen LogP contribution < -0.4 is 10.0 Å². The minimum Gasteiger partial charge on any atom is -0.367 e. The number of benzene rings is 2. The highest BCUT2D eigenvalue weighted by atomic mass is 32.2. The summed E-state index contributed by atoms with van der Waals surface area (Å²) in [6.07, 6.45) is -3.33. The van der Waals surface area contributed by atoms with E-state index < -0.39 is 22.8 Å². The molecule has 28 heavy (non-hydrogen) atoms. The topological polar surface area (TPSA) is 84.5 Å². The molecule has 0 bridgehead atoms. The van der Waals surface area contributed by atoms with Crippen molar-refractivity contribution in [1.29, 1.82) is 0 Å². The smallest absolute Gasteiger partial charge is 0.367 e. The predicted molar refractivity (Wildman–Crippen MR) is 98.2 cm³/mol. The predicted octanol–water partition coefficient (Wildman–Crippen LogP) is 3.07. The lowest BCUT2D eigenvalue weighted by molar-refractivity contribution is -0.176. The van der Waals surface area contributed by atoms with E-state index in [4.69, 9.17) is 0 Å². The van der Waals surface area contributed by atoms with Crippen LogP contribution in [0, 0.1) is 0 Å². The van der Waals surface area contributed by atoms with Crippen LogP contribution in [0.25, 0.3) is 0 Å². The van der Waals surface area contributed by atoms with Gasteiger partial charge < -0.3 is 10.1 Å². The van der Waals surface area contributed by atoms with E-state index in [1.165, 1.54) is 24.3 Å². The molecule has 0 aliphatic rings. The molecule has 0 aromatic heterocycles. The second kappa shape index (κ2) is 9.07. The molecule has 1 amide bonds. The third-order valence-electron chi connectivity index (χ3n) is 3.46. The number of amides is 1. The molecule has 2 aromatic carbocycles.